The van der Waals surface area contributed by atoms with Crippen LogP contribution in [0.25, 0.3) is 0 Å². The Morgan fingerprint density at radius 1 is 1.23 bits per heavy atom. The minimum absolute atomic E-state index is 0.567. The van der Waals surface area contributed by atoms with Crippen LogP contribution in [0.3, 0.4) is 0 Å². The molecule has 1 N–H and O–H groups in total. The third-order valence-electron chi connectivity index (χ3n) is 4.34. The first kappa shape index (κ1) is 9.51. The van der Waals surface area contributed by atoms with Gasteiger partial charge in [-0.25, -0.2) is 0 Å². The Hall–Kier alpha value is -0.0400. The van der Waals surface area contributed by atoms with E-state index in [1.165, 1.54) is 32.1 Å². The Labute approximate surface area is 82.3 Å². The number of hydrogen-bond donors (Lipinski definition) is 1. The predicted octanol–water partition coefficient (Wildman–Crippen LogP) is 2.95. The van der Waals surface area contributed by atoms with Crippen molar-refractivity contribution in [1.82, 2.24) is 5.32 Å². The molecule has 0 heterocycles. The summed E-state index contributed by atoms with van der Waals surface area (Å²) >= 11 is 0. The van der Waals surface area contributed by atoms with Gasteiger partial charge < -0.3 is 5.32 Å². The van der Waals surface area contributed by atoms with E-state index in [1.54, 1.807) is 0 Å². The van der Waals surface area contributed by atoms with Gasteiger partial charge in [-0.2, -0.15) is 0 Å². The van der Waals surface area contributed by atoms with E-state index < -0.39 is 0 Å². The molecule has 0 amide bonds. The van der Waals surface area contributed by atoms with Crippen LogP contribution >= 0.6 is 0 Å². The molecule has 1 nitrogen and oxygen atoms in total. The summed E-state index contributed by atoms with van der Waals surface area (Å²) in [5.74, 6) is 0.983. The highest BCUT2D eigenvalue weighted by molar-refractivity contribution is 4.96. The highest BCUT2D eigenvalue weighted by Gasteiger charge is 2.39. The maximum absolute atomic E-state index is 3.81. The molecule has 2 fully saturated rings. The van der Waals surface area contributed by atoms with Gasteiger partial charge in [0.25, 0.3) is 0 Å². The smallest absolute Gasteiger partial charge is 0.0121 e. The molecular weight excluding hydrogens is 158 g/mol. The van der Waals surface area contributed by atoms with Crippen molar-refractivity contribution >= 4 is 0 Å². The fourth-order valence-electron chi connectivity index (χ4n) is 2.57. The van der Waals surface area contributed by atoms with Crippen molar-refractivity contribution in [2.45, 2.75) is 65.0 Å². The van der Waals surface area contributed by atoms with Gasteiger partial charge in [0.1, 0.15) is 0 Å². The normalized spacial score (nSPS) is 34.8. The fraction of sp³-hybridized carbons (Fsp3) is 1.00. The average Bonchev–Trinajstić information content (AvgIpc) is 1.95. The topological polar surface area (TPSA) is 12.0 Å². The lowest BCUT2D eigenvalue weighted by atomic mass is 9.66. The van der Waals surface area contributed by atoms with Gasteiger partial charge in [0.05, 0.1) is 0 Å². The summed E-state index contributed by atoms with van der Waals surface area (Å²) < 4.78 is 0. The lowest BCUT2D eigenvalue weighted by molar-refractivity contribution is 0.0810. The number of rotatable bonds is 3. The van der Waals surface area contributed by atoms with Crippen LogP contribution in [-0.4, -0.2) is 12.1 Å². The summed E-state index contributed by atoms with van der Waals surface area (Å²) in [6.45, 7) is 7.15. The molecule has 2 saturated carbocycles. The lowest BCUT2D eigenvalue weighted by Crippen LogP contribution is -2.55. The van der Waals surface area contributed by atoms with Gasteiger partial charge in [0.2, 0.25) is 0 Å². The maximum atomic E-state index is 3.81. The molecular formula is C12H23N. The Morgan fingerprint density at radius 3 is 2.23 bits per heavy atom. The van der Waals surface area contributed by atoms with Crippen molar-refractivity contribution in [3.63, 3.8) is 0 Å². The zero-order valence-corrected chi connectivity index (χ0v) is 9.27. The van der Waals surface area contributed by atoms with Crippen LogP contribution < -0.4 is 5.32 Å². The van der Waals surface area contributed by atoms with E-state index >= 15 is 0 Å². The van der Waals surface area contributed by atoms with Gasteiger partial charge in [-0.05, 0) is 43.9 Å². The molecule has 2 aliphatic carbocycles. The average molecular weight is 181 g/mol. The third kappa shape index (κ3) is 1.76. The zero-order chi connectivity index (χ0) is 9.47. The SMILES string of the molecule is C[C@H](NC1CCC1(C)C)C1CCC1. The molecule has 1 heteroatoms. The van der Waals surface area contributed by atoms with E-state index in [0.717, 1.165) is 18.0 Å². The summed E-state index contributed by atoms with van der Waals surface area (Å²) in [7, 11) is 0. The summed E-state index contributed by atoms with van der Waals surface area (Å²) in [5.41, 5.74) is 0.567. The molecule has 0 spiro atoms. The first-order chi connectivity index (χ1) is 6.09. The minimum atomic E-state index is 0.567. The second kappa shape index (κ2) is 3.27. The Kier molecular flexibility index (Phi) is 2.39. The largest absolute Gasteiger partial charge is 0.311 e. The fourth-order valence-corrected chi connectivity index (χ4v) is 2.57. The van der Waals surface area contributed by atoms with Crippen molar-refractivity contribution in [2.24, 2.45) is 11.3 Å². The molecule has 2 aliphatic rings. The summed E-state index contributed by atoms with van der Waals surface area (Å²) in [6, 6.07) is 1.56. The molecule has 0 saturated heterocycles. The molecule has 0 radical (unpaired) electrons. The molecule has 76 valence electrons. The first-order valence-electron chi connectivity index (χ1n) is 5.86. The number of hydrogen-bond acceptors (Lipinski definition) is 1. The molecule has 1 unspecified atom stereocenters. The number of nitrogens with one attached hydrogen (secondary N) is 1. The Morgan fingerprint density at radius 2 is 1.92 bits per heavy atom. The van der Waals surface area contributed by atoms with Crippen molar-refractivity contribution in [3.05, 3.63) is 0 Å². The molecule has 2 rings (SSSR count). The minimum Gasteiger partial charge on any atom is -0.311 e. The Bertz CT molecular complexity index is 182. The van der Waals surface area contributed by atoms with Crippen LogP contribution in [0.5, 0.6) is 0 Å². The standard InChI is InChI=1S/C12H23N/c1-9(10-5-4-6-10)13-11-7-8-12(11,2)3/h9-11,13H,4-8H2,1-3H3/t9-,11?/m0/s1. The molecule has 0 aliphatic heterocycles. The van der Waals surface area contributed by atoms with E-state index in [4.69, 9.17) is 0 Å². The van der Waals surface area contributed by atoms with Gasteiger partial charge in [0, 0.05) is 12.1 Å². The van der Waals surface area contributed by atoms with Gasteiger partial charge in [-0.3, -0.25) is 0 Å². The van der Waals surface area contributed by atoms with Crippen LogP contribution in [0.4, 0.5) is 0 Å². The zero-order valence-electron chi connectivity index (χ0n) is 9.27. The van der Waals surface area contributed by atoms with Crippen molar-refractivity contribution < 1.29 is 0 Å². The molecule has 0 aromatic heterocycles. The first-order valence-corrected chi connectivity index (χ1v) is 5.86. The summed E-state index contributed by atoms with van der Waals surface area (Å²) in [4.78, 5) is 0. The molecule has 0 aromatic carbocycles. The van der Waals surface area contributed by atoms with Crippen molar-refractivity contribution in [2.75, 3.05) is 0 Å². The molecule has 0 aromatic rings. The van der Waals surface area contributed by atoms with E-state index in [2.05, 4.69) is 26.1 Å². The van der Waals surface area contributed by atoms with Crippen LogP contribution in [0.2, 0.25) is 0 Å². The quantitative estimate of drug-likeness (QED) is 0.706. The van der Waals surface area contributed by atoms with Crippen LogP contribution in [-0.2, 0) is 0 Å². The van der Waals surface area contributed by atoms with Gasteiger partial charge in [-0.1, -0.05) is 20.3 Å². The van der Waals surface area contributed by atoms with Crippen LogP contribution in [0, 0.1) is 11.3 Å². The van der Waals surface area contributed by atoms with Crippen LogP contribution in [0.1, 0.15) is 52.9 Å². The van der Waals surface area contributed by atoms with Gasteiger partial charge in [-0.15, -0.1) is 0 Å². The lowest BCUT2D eigenvalue weighted by Gasteiger charge is -2.48. The summed E-state index contributed by atoms with van der Waals surface area (Å²) in [5, 5.41) is 3.81. The monoisotopic (exact) mass is 181 g/mol. The van der Waals surface area contributed by atoms with Crippen molar-refractivity contribution in [3.8, 4) is 0 Å². The van der Waals surface area contributed by atoms with E-state index in [0.29, 0.717) is 5.41 Å². The van der Waals surface area contributed by atoms with Gasteiger partial charge >= 0.3 is 0 Å². The third-order valence-corrected chi connectivity index (χ3v) is 4.34. The molecule has 2 atom stereocenters. The van der Waals surface area contributed by atoms with Crippen molar-refractivity contribution in [1.29, 1.82) is 0 Å². The van der Waals surface area contributed by atoms with E-state index in [9.17, 15) is 0 Å². The second-order valence-corrected chi connectivity index (χ2v) is 5.73. The van der Waals surface area contributed by atoms with E-state index in [1.807, 2.05) is 0 Å². The predicted molar refractivity (Wildman–Crippen MR) is 56.7 cm³/mol. The molecule has 0 bridgehead atoms. The molecule has 13 heavy (non-hydrogen) atoms. The van der Waals surface area contributed by atoms with Crippen LogP contribution in [0.15, 0.2) is 0 Å². The van der Waals surface area contributed by atoms with E-state index in [-0.39, 0.29) is 0 Å². The van der Waals surface area contributed by atoms with Gasteiger partial charge in [0.15, 0.2) is 0 Å². The second-order valence-electron chi connectivity index (χ2n) is 5.73. The highest BCUT2D eigenvalue weighted by atomic mass is 15.0. The maximum Gasteiger partial charge on any atom is 0.0121 e. The highest BCUT2D eigenvalue weighted by Crippen LogP contribution is 2.41. The Balaban J connectivity index is 1.77. The summed E-state index contributed by atoms with van der Waals surface area (Å²) in [6.07, 6.45) is 7.18.